The maximum atomic E-state index is 13.5. The molecule has 0 aliphatic carbocycles. The molecule has 0 amide bonds. The molecule has 1 aliphatic heterocycles. The number of hydrogen-bond donors (Lipinski definition) is 1. The second kappa shape index (κ2) is 6.42. The molecule has 1 aromatic carbocycles. The third-order valence-electron chi connectivity index (χ3n) is 4.01. The van der Waals surface area contributed by atoms with Crippen LogP contribution in [0.1, 0.15) is 23.6 Å². The molecule has 2 atom stereocenters. The van der Waals surface area contributed by atoms with Crippen LogP contribution in [0.5, 0.6) is 5.88 Å². The number of ether oxygens (including phenoxy) is 1. The fraction of sp³-hybridized carbons (Fsp3) is 0.353. The molecule has 1 saturated heterocycles. The van der Waals surface area contributed by atoms with Gasteiger partial charge in [0.2, 0.25) is 5.88 Å². The normalized spacial score (nSPS) is 22.0. The van der Waals surface area contributed by atoms with Gasteiger partial charge in [-0.3, -0.25) is 4.90 Å². The highest BCUT2D eigenvalue weighted by atomic mass is 19.1. The lowest BCUT2D eigenvalue weighted by molar-refractivity contribution is 0.172. The highest BCUT2D eigenvalue weighted by Crippen LogP contribution is 2.33. The summed E-state index contributed by atoms with van der Waals surface area (Å²) in [5, 5.41) is 9.99. The van der Waals surface area contributed by atoms with E-state index in [-0.39, 0.29) is 18.0 Å². The monoisotopic (exact) mass is 302 g/mol. The number of nitrogens with zero attached hydrogens (tertiary/aromatic N) is 2. The average molecular weight is 302 g/mol. The molecular formula is C17H19FN2O2. The highest BCUT2D eigenvalue weighted by Gasteiger charge is 2.32. The number of aliphatic hydroxyl groups is 1. The minimum absolute atomic E-state index is 0.0211. The number of aliphatic hydroxyl groups excluding tert-OH is 1. The van der Waals surface area contributed by atoms with Crippen LogP contribution < -0.4 is 4.74 Å². The standard InChI is InChI=1S/C17H19FN2O2/c1-22-17-6-5-12(9-19-17)10-20-11-15(21)8-16(20)13-3-2-4-14(18)7-13/h2-7,9,15-16,21H,8,10-11H2,1H3/t15-,16-/m0/s1. The molecule has 22 heavy (non-hydrogen) atoms. The van der Waals surface area contributed by atoms with Crippen molar-refractivity contribution in [2.24, 2.45) is 0 Å². The number of likely N-dealkylation sites (tertiary alicyclic amines) is 1. The molecule has 0 radical (unpaired) electrons. The molecule has 0 spiro atoms. The molecule has 0 unspecified atom stereocenters. The zero-order chi connectivity index (χ0) is 15.5. The summed E-state index contributed by atoms with van der Waals surface area (Å²) >= 11 is 0. The Bertz CT molecular complexity index is 633. The summed E-state index contributed by atoms with van der Waals surface area (Å²) in [5.74, 6) is 0.330. The van der Waals surface area contributed by atoms with Crippen LogP contribution in [-0.4, -0.2) is 34.7 Å². The van der Waals surface area contributed by atoms with Crippen molar-refractivity contribution in [1.29, 1.82) is 0 Å². The smallest absolute Gasteiger partial charge is 0.212 e. The van der Waals surface area contributed by atoms with Crippen LogP contribution in [-0.2, 0) is 6.54 Å². The fourth-order valence-corrected chi connectivity index (χ4v) is 2.97. The van der Waals surface area contributed by atoms with E-state index in [0.717, 1.165) is 11.1 Å². The number of hydrogen-bond acceptors (Lipinski definition) is 4. The predicted octanol–water partition coefficient (Wildman–Crippen LogP) is 2.54. The Morgan fingerprint density at radius 2 is 2.23 bits per heavy atom. The Kier molecular flexibility index (Phi) is 4.36. The number of benzene rings is 1. The predicted molar refractivity (Wildman–Crippen MR) is 81.0 cm³/mol. The second-order valence-corrected chi connectivity index (χ2v) is 5.60. The first-order valence-electron chi connectivity index (χ1n) is 7.32. The molecule has 1 aliphatic rings. The molecule has 116 valence electrons. The number of halogens is 1. The number of aromatic nitrogens is 1. The summed E-state index contributed by atoms with van der Waals surface area (Å²) in [5.41, 5.74) is 1.94. The summed E-state index contributed by atoms with van der Waals surface area (Å²) in [6.07, 6.45) is 2.00. The molecule has 1 fully saturated rings. The van der Waals surface area contributed by atoms with Crippen molar-refractivity contribution < 1.29 is 14.2 Å². The van der Waals surface area contributed by atoms with E-state index in [0.29, 0.717) is 25.4 Å². The fourth-order valence-electron chi connectivity index (χ4n) is 2.97. The first-order valence-corrected chi connectivity index (χ1v) is 7.32. The van der Waals surface area contributed by atoms with E-state index >= 15 is 0 Å². The lowest BCUT2D eigenvalue weighted by Crippen LogP contribution is -2.24. The summed E-state index contributed by atoms with van der Waals surface area (Å²) in [6, 6.07) is 10.4. The molecule has 3 rings (SSSR count). The molecule has 4 nitrogen and oxygen atoms in total. The van der Waals surface area contributed by atoms with Gasteiger partial charge in [0.1, 0.15) is 5.82 Å². The second-order valence-electron chi connectivity index (χ2n) is 5.60. The van der Waals surface area contributed by atoms with Gasteiger partial charge in [0, 0.05) is 31.4 Å². The van der Waals surface area contributed by atoms with Crippen molar-refractivity contribution in [3.8, 4) is 5.88 Å². The molecule has 2 heterocycles. The van der Waals surface area contributed by atoms with Gasteiger partial charge in [-0.1, -0.05) is 18.2 Å². The van der Waals surface area contributed by atoms with Crippen LogP contribution in [0.4, 0.5) is 4.39 Å². The van der Waals surface area contributed by atoms with E-state index in [4.69, 9.17) is 4.74 Å². The first-order chi connectivity index (χ1) is 10.7. The zero-order valence-corrected chi connectivity index (χ0v) is 12.4. The highest BCUT2D eigenvalue weighted by molar-refractivity contribution is 5.23. The van der Waals surface area contributed by atoms with Crippen LogP contribution in [0.2, 0.25) is 0 Å². The van der Waals surface area contributed by atoms with Gasteiger partial charge < -0.3 is 9.84 Å². The van der Waals surface area contributed by atoms with Crippen molar-refractivity contribution in [3.05, 3.63) is 59.5 Å². The van der Waals surface area contributed by atoms with Gasteiger partial charge in [-0.2, -0.15) is 0 Å². The van der Waals surface area contributed by atoms with E-state index in [1.54, 1.807) is 25.4 Å². The number of rotatable bonds is 4. The van der Waals surface area contributed by atoms with Gasteiger partial charge in [0.15, 0.2) is 0 Å². The third kappa shape index (κ3) is 3.26. The molecule has 1 N–H and O–H groups in total. The number of β-amino-alcohol motifs (C(OH)–C–C–N with tert-alkyl or cyclic N) is 1. The van der Waals surface area contributed by atoms with E-state index in [9.17, 15) is 9.50 Å². The Morgan fingerprint density at radius 3 is 2.91 bits per heavy atom. The quantitative estimate of drug-likeness (QED) is 0.943. The molecular weight excluding hydrogens is 283 g/mol. The molecule has 5 heteroatoms. The van der Waals surface area contributed by atoms with Crippen molar-refractivity contribution in [2.45, 2.75) is 25.1 Å². The number of pyridine rings is 1. The van der Waals surface area contributed by atoms with Crippen LogP contribution >= 0.6 is 0 Å². The van der Waals surface area contributed by atoms with Gasteiger partial charge in [0.25, 0.3) is 0 Å². The Balaban J connectivity index is 1.78. The molecule has 0 bridgehead atoms. The van der Waals surface area contributed by atoms with E-state index in [1.807, 2.05) is 18.2 Å². The maximum absolute atomic E-state index is 13.5. The van der Waals surface area contributed by atoms with Gasteiger partial charge in [-0.05, 0) is 29.7 Å². The van der Waals surface area contributed by atoms with Crippen molar-refractivity contribution in [2.75, 3.05) is 13.7 Å². The van der Waals surface area contributed by atoms with Gasteiger partial charge in [-0.25, -0.2) is 9.37 Å². The lowest BCUT2D eigenvalue weighted by Gasteiger charge is -2.24. The van der Waals surface area contributed by atoms with E-state index < -0.39 is 0 Å². The summed E-state index contributed by atoms with van der Waals surface area (Å²) in [6.45, 7) is 1.24. The van der Waals surface area contributed by atoms with Crippen LogP contribution in [0.25, 0.3) is 0 Å². The van der Waals surface area contributed by atoms with Crippen LogP contribution in [0, 0.1) is 5.82 Å². The first kappa shape index (κ1) is 14.9. The van der Waals surface area contributed by atoms with Crippen molar-refractivity contribution >= 4 is 0 Å². The van der Waals surface area contributed by atoms with Crippen LogP contribution in [0.3, 0.4) is 0 Å². The Morgan fingerprint density at radius 1 is 1.36 bits per heavy atom. The Hall–Kier alpha value is -1.98. The van der Waals surface area contributed by atoms with Gasteiger partial charge in [0.05, 0.1) is 13.2 Å². The maximum Gasteiger partial charge on any atom is 0.212 e. The molecule has 1 aromatic heterocycles. The largest absolute Gasteiger partial charge is 0.481 e. The van der Waals surface area contributed by atoms with Crippen molar-refractivity contribution in [1.82, 2.24) is 9.88 Å². The third-order valence-corrected chi connectivity index (χ3v) is 4.01. The minimum Gasteiger partial charge on any atom is -0.481 e. The topological polar surface area (TPSA) is 45.6 Å². The van der Waals surface area contributed by atoms with E-state index in [1.165, 1.54) is 6.07 Å². The van der Waals surface area contributed by atoms with Gasteiger partial charge >= 0.3 is 0 Å². The SMILES string of the molecule is COc1ccc(CN2C[C@@H](O)C[C@H]2c2cccc(F)c2)cn1. The van der Waals surface area contributed by atoms with Gasteiger partial charge in [-0.15, -0.1) is 0 Å². The molecule has 2 aromatic rings. The van der Waals surface area contributed by atoms with Crippen molar-refractivity contribution in [3.63, 3.8) is 0 Å². The lowest BCUT2D eigenvalue weighted by atomic mass is 10.0. The Labute approximate surface area is 129 Å². The summed E-state index contributed by atoms with van der Waals surface area (Å²) in [7, 11) is 1.58. The average Bonchev–Trinajstić information content (AvgIpc) is 2.89. The zero-order valence-electron chi connectivity index (χ0n) is 12.4. The number of methoxy groups -OCH3 is 1. The van der Waals surface area contributed by atoms with Crippen LogP contribution in [0.15, 0.2) is 42.6 Å². The summed E-state index contributed by atoms with van der Waals surface area (Å²) in [4.78, 5) is 6.35. The summed E-state index contributed by atoms with van der Waals surface area (Å²) < 4.78 is 18.5. The molecule has 0 saturated carbocycles. The minimum atomic E-state index is -0.389. The van der Waals surface area contributed by atoms with E-state index in [2.05, 4.69) is 9.88 Å².